The molecule has 1 atom stereocenters. The lowest BCUT2D eigenvalue weighted by molar-refractivity contribution is -0.139. The Kier molecular flexibility index (Phi) is 5.64. The van der Waals surface area contributed by atoms with Gasteiger partial charge in [-0.3, -0.25) is 9.59 Å². The highest BCUT2D eigenvalue weighted by Gasteiger charge is 2.42. The minimum atomic E-state index is -0.463. The van der Waals surface area contributed by atoms with Crippen molar-refractivity contribution in [3.05, 3.63) is 35.6 Å². The largest absolute Gasteiger partial charge is 0.342 e. The fourth-order valence-electron chi connectivity index (χ4n) is 4.24. The van der Waals surface area contributed by atoms with Gasteiger partial charge >= 0.3 is 0 Å². The molecular formula is C21H29FN2O2. The topological polar surface area (TPSA) is 40.6 Å². The maximum atomic E-state index is 14.0. The first-order valence-corrected chi connectivity index (χ1v) is 9.72. The van der Waals surface area contributed by atoms with E-state index in [1.807, 2.05) is 4.90 Å². The van der Waals surface area contributed by atoms with Crippen LogP contribution in [0.2, 0.25) is 0 Å². The minimum Gasteiger partial charge on any atom is -0.342 e. The minimum absolute atomic E-state index is 0.0376. The summed E-state index contributed by atoms with van der Waals surface area (Å²) >= 11 is 0. The first-order chi connectivity index (χ1) is 12.4. The van der Waals surface area contributed by atoms with Gasteiger partial charge in [0.25, 0.3) is 5.91 Å². The zero-order valence-electron chi connectivity index (χ0n) is 15.8. The molecule has 2 aliphatic heterocycles. The molecule has 2 amide bonds. The van der Waals surface area contributed by atoms with E-state index in [-0.39, 0.29) is 22.8 Å². The summed E-state index contributed by atoms with van der Waals surface area (Å²) in [6, 6.07) is 6.18. The lowest BCUT2D eigenvalue weighted by Crippen LogP contribution is -2.55. The number of amides is 2. The number of nitrogens with zero attached hydrogens (tertiary/aromatic N) is 2. The first-order valence-electron chi connectivity index (χ1n) is 9.72. The highest BCUT2D eigenvalue weighted by molar-refractivity contribution is 5.94. The van der Waals surface area contributed by atoms with Gasteiger partial charge in [0.05, 0.1) is 5.56 Å². The van der Waals surface area contributed by atoms with Crippen LogP contribution in [0.15, 0.2) is 24.3 Å². The average molecular weight is 360 g/mol. The third-order valence-electron chi connectivity index (χ3n) is 5.78. The number of piperidine rings is 2. The molecule has 0 bridgehead atoms. The molecule has 1 aromatic carbocycles. The molecule has 0 aliphatic carbocycles. The smallest absolute Gasteiger partial charge is 0.256 e. The van der Waals surface area contributed by atoms with Crippen LogP contribution in [0.4, 0.5) is 4.39 Å². The fraction of sp³-hybridized carbons (Fsp3) is 0.619. The Morgan fingerprint density at radius 1 is 1.23 bits per heavy atom. The predicted molar refractivity (Wildman–Crippen MR) is 99.2 cm³/mol. The van der Waals surface area contributed by atoms with Crippen LogP contribution in [0.3, 0.4) is 0 Å². The Morgan fingerprint density at radius 2 is 2.00 bits per heavy atom. The number of hydrogen-bond donors (Lipinski definition) is 0. The van der Waals surface area contributed by atoms with Crippen LogP contribution in [0.25, 0.3) is 0 Å². The van der Waals surface area contributed by atoms with Crippen LogP contribution in [0.5, 0.6) is 0 Å². The summed E-state index contributed by atoms with van der Waals surface area (Å²) in [5.41, 5.74) is 0.109. The van der Waals surface area contributed by atoms with E-state index in [4.69, 9.17) is 0 Å². The molecule has 26 heavy (non-hydrogen) atoms. The second-order valence-corrected chi connectivity index (χ2v) is 8.31. The highest BCUT2D eigenvalue weighted by atomic mass is 19.1. The van der Waals surface area contributed by atoms with Gasteiger partial charge in [-0.15, -0.1) is 0 Å². The quantitative estimate of drug-likeness (QED) is 0.821. The number of hydrogen-bond acceptors (Lipinski definition) is 2. The number of carbonyl (C=O) groups is 2. The molecule has 5 heteroatoms. The SMILES string of the molecule is CC(C)CCN1C[C@]2(CCCN(C(=O)c3ccccc3F)C2)CCC1=O. The van der Waals surface area contributed by atoms with Gasteiger partial charge in [-0.1, -0.05) is 26.0 Å². The van der Waals surface area contributed by atoms with Crippen molar-refractivity contribution in [2.24, 2.45) is 11.3 Å². The van der Waals surface area contributed by atoms with E-state index >= 15 is 0 Å². The summed E-state index contributed by atoms with van der Waals surface area (Å²) in [5.74, 6) is 0.0994. The van der Waals surface area contributed by atoms with Crippen LogP contribution in [0, 0.1) is 17.2 Å². The summed E-state index contributed by atoms with van der Waals surface area (Å²) in [6.45, 7) is 7.12. The van der Waals surface area contributed by atoms with E-state index in [1.165, 1.54) is 6.07 Å². The van der Waals surface area contributed by atoms with E-state index < -0.39 is 5.82 Å². The monoisotopic (exact) mass is 360 g/mol. The van der Waals surface area contributed by atoms with Gasteiger partial charge in [0.2, 0.25) is 5.91 Å². The maximum Gasteiger partial charge on any atom is 0.256 e. The Bertz CT molecular complexity index is 676. The zero-order valence-corrected chi connectivity index (χ0v) is 15.8. The van der Waals surface area contributed by atoms with Crippen LogP contribution < -0.4 is 0 Å². The summed E-state index contributed by atoms with van der Waals surface area (Å²) < 4.78 is 14.0. The van der Waals surface area contributed by atoms with Crippen molar-refractivity contribution in [2.45, 2.75) is 46.0 Å². The van der Waals surface area contributed by atoms with E-state index in [0.29, 0.717) is 25.4 Å². The third kappa shape index (κ3) is 4.08. The van der Waals surface area contributed by atoms with E-state index in [0.717, 1.165) is 38.8 Å². The molecule has 1 spiro atoms. The van der Waals surface area contributed by atoms with Crippen molar-refractivity contribution in [3.63, 3.8) is 0 Å². The Labute approximate surface area is 155 Å². The molecule has 0 radical (unpaired) electrons. The van der Waals surface area contributed by atoms with Gasteiger partial charge in [0.15, 0.2) is 0 Å². The van der Waals surface area contributed by atoms with E-state index in [1.54, 1.807) is 23.1 Å². The number of rotatable bonds is 4. The van der Waals surface area contributed by atoms with Crippen molar-refractivity contribution in [1.82, 2.24) is 9.80 Å². The molecule has 2 heterocycles. The fourth-order valence-corrected chi connectivity index (χ4v) is 4.24. The van der Waals surface area contributed by atoms with Crippen molar-refractivity contribution in [1.29, 1.82) is 0 Å². The lowest BCUT2D eigenvalue weighted by atomic mass is 9.73. The van der Waals surface area contributed by atoms with Crippen LogP contribution >= 0.6 is 0 Å². The van der Waals surface area contributed by atoms with Gasteiger partial charge < -0.3 is 9.80 Å². The van der Waals surface area contributed by atoms with E-state index in [2.05, 4.69) is 13.8 Å². The second-order valence-electron chi connectivity index (χ2n) is 8.31. The normalized spacial score (nSPS) is 23.8. The average Bonchev–Trinajstić information content (AvgIpc) is 2.63. The summed E-state index contributed by atoms with van der Waals surface area (Å²) in [6.07, 6.45) is 4.32. The molecule has 3 rings (SSSR count). The standard InChI is InChI=1S/C21H29FN2O2/c1-16(2)9-13-23-14-21(11-8-19(23)25)10-5-12-24(15-21)20(26)17-6-3-4-7-18(17)22/h3-4,6-7,16H,5,8-15H2,1-2H3/t21-/m0/s1. The molecule has 2 saturated heterocycles. The highest BCUT2D eigenvalue weighted by Crippen LogP contribution is 2.39. The summed E-state index contributed by atoms with van der Waals surface area (Å²) in [5, 5.41) is 0. The number of carbonyl (C=O) groups excluding carboxylic acids is 2. The number of likely N-dealkylation sites (tertiary alicyclic amines) is 2. The molecule has 142 valence electrons. The Hall–Kier alpha value is -1.91. The zero-order chi connectivity index (χ0) is 18.7. The molecule has 0 N–H and O–H groups in total. The van der Waals surface area contributed by atoms with Crippen molar-refractivity contribution < 1.29 is 14.0 Å². The first kappa shape index (κ1) is 18.9. The van der Waals surface area contributed by atoms with Crippen LogP contribution in [0.1, 0.15) is 56.3 Å². The van der Waals surface area contributed by atoms with Gasteiger partial charge in [-0.25, -0.2) is 4.39 Å². The molecule has 0 saturated carbocycles. The Balaban J connectivity index is 1.71. The second kappa shape index (κ2) is 7.77. The van der Waals surface area contributed by atoms with Crippen LogP contribution in [-0.2, 0) is 4.79 Å². The number of halogens is 1. The summed E-state index contributed by atoms with van der Waals surface area (Å²) in [4.78, 5) is 28.9. The van der Waals surface area contributed by atoms with Gasteiger partial charge in [-0.2, -0.15) is 0 Å². The molecule has 2 aliphatic rings. The molecule has 4 nitrogen and oxygen atoms in total. The van der Waals surface area contributed by atoms with Crippen LogP contribution in [-0.4, -0.2) is 47.8 Å². The summed E-state index contributed by atoms with van der Waals surface area (Å²) in [7, 11) is 0. The number of benzene rings is 1. The van der Waals surface area contributed by atoms with Crippen molar-refractivity contribution in [3.8, 4) is 0 Å². The molecule has 2 fully saturated rings. The molecule has 1 aromatic rings. The van der Waals surface area contributed by atoms with Crippen molar-refractivity contribution in [2.75, 3.05) is 26.2 Å². The molecular weight excluding hydrogens is 331 g/mol. The molecule has 0 aromatic heterocycles. The van der Waals surface area contributed by atoms with Gasteiger partial charge in [-0.05, 0) is 43.7 Å². The van der Waals surface area contributed by atoms with Gasteiger partial charge in [0.1, 0.15) is 5.82 Å². The van der Waals surface area contributed by atoms with E-state index in [9.17, 15) is 14.0 Å². The predicted octanol–water partition coefficient (Wildman–Crippen LogP) is 3.72. The van der Waals surface area contributed by atoms with Gasteiger partial charge in [0, 0.05) is 38.0 Å². The third-order valence-corrected chi connectivity index (χ3v) is 5.78. The molecule has 0 unspecified atom stereocenters. The maximum absolute atomic E-state index is 14.0. The Morgan fingerprint density at radius 3 is 2.73 bits per heavy atom. The lowest BCUT2D eigenvalue weighted by Gasteiger charge is -2.48. The van der Waals surface area contributed by atoms with Crippen molar-refractivity contribution >= 4 is 11.8 Å².